The van der Waals surface area contributed by atoms with Crippen LogP contribution in [0.3, 0.4) is 0 Å². The zero-order valence-electron chi connectivity index (χ0n) is 13.1. The van der Waals surface area contributed by atoms with E-state index in [4.69, 9.17) is 4.74 Å². The average Bonchev–Trinajstić information content (AvgIpc) is 2.51. The molecule has 0 atom stereocenters. The highest BCUT2D eigenvalue weighted by Crippen LogP contribution is 2.20. The number of hydrogen-bond acceptors (Lipinski definition) is 3. The summed E-state index contributed by atoms with van der Waals surface area (Å²) < 4.78 is 5.91. The van der Waals surface area contributed by atoms with Crippen LogP contribution < -0.4 is 5.32 Å². The van der Waals surface area contributed by atoms with Gasteiger partial charge in [-0.25, -0.2) is 0 Å². The van der Waals surface area contributed by atoms with E-state index in [9.17, 15) is 9.59 Å². The molecule has 0 aromatic heterocycles. The molecule has 0 unspecified atom stereocenters. The molecule has 0 aliphatic heterocycles. The van der Waals surface area contributed by atoms with Crippen molar-refractivity contribution in [3.63, 3.8) is 0 Å². The molecule has 5 heteroatoms. The van der Waals surface area contributed by atoms with Gasteiger partial charge in [-0.2, -0.15) is 0 Å². The van der Waals surface area contributed by atoms with Gasteiger partial charge in [0.15, 0.2) is 6.61 Å². The van der Waals surface area contributed by atoms with Crippen molar-refractivity contribution < 1.29 is 14.3 Å². The van der Waals surface area contributed by atoms with Gasteiger partial charge in [0.05, 0.1) is 6.42 Å². The Bertz CT molecular complexity index is 711. The SMILES string of the molecule is Cc1ccc(CC(=O)OCC(=O)Nc2ccc(C)c(Br)c2)cc1. The number of esters is 1. The van der Waals surface area contributed by atoms with E-state index >= 15 is 0 Å². The van der Waals surface area contributed by atoms with Crippen LogP contribution in [-0.4, -0.2) is 18.5 Å². The molecule has 0 heterocycles. The van der Waals surface area contributed by atoms with Gasteiger partial charge in [0.2, 0.25) is 0 Å². The third kappa shape index (κ3) is 5.53. The van der Waals surface area contributed by atoms with Crippen LogP contribution in [0.5, 0.6) is 0 Å². The summed E-state index contributed by atoms with van der Waals surface area (Å²) in [5.41, 5.74) is 3.73. The van der Waals surface area contributed by atoms with E-state index in [1.165, 1.54) is 0 Å². The minimum Gasteiger partial charge on any atom is -0.455 e. The Morgan fingerprint density at radius 2 is 1.78 bits per heavy atom. The molecule has 0 bridgehead atoms. The minimum atomic E-state index is -0.422. The van der Waals surface area contributed by atoms with Gasteiger partial charge in [-0.05, 0) is 37.1 Å². The number of benzene rings is 2. The van der Waals surface area contributed by atoms with E-state index in [-0.39, 0.29) is 18.9 Å². The van der Waals surface area contributed by atoms with Gasteiger partial charge in [0.25, 0.3) is 5.91 Å². The van der Waals surface area contributed by atoms with Crippen molar-refractivity contribution >= 4 is 33.5 Å². The fraction of sp³-hybridized carbons (Fsp3) is 0.222. The molecule has 0 fully saturated rings. The summed E-state index contributed by atoms with van der Waals surface area (Å²) in [5, 5.41) is 2.69. The molecule has 4 nitrogen and oxygen atoms in total. The molecule has 0 aliphatic rings. The second-order valence-electron chi connectivity index (χ2n) is 5.34. The maximum Gasteiger partial charge on any atom is 0.310 e. The first-order valence-corrected chi connectivity index (χ1v) is 8.00. The number of aryl methyl sites for hydroxylation is 2. The summed E-state index contributed by atoms with van der Waals surface area (Å²) in [6.45, 7) is 3.65. The number of amides is 1. The lowest BCUT2D eigenvalue weighted by molar-refractivity contribution is -0.146. The third-order valence-corrected chi connectivity index (χ3v) is 4.14. The molecule has 0 spiro atoms. The van der Waals surface area contributed by atoms with Crippen molar-refractivity contribution in [1.82, 2.24) is 0 Å². The summed E-state index contributed by atoms with van der Waals surface area (Å²) in [6.07, 6.45) is 0.156. The molecule has 1 N–H and O–H groups in total. The van der Waals surface area contributed by atoms with E-state index in [1.807, 2.05) is 44.2 Å². The molecule has 1 amide bonds. The lowest BCUT2D eigenvalue weighted by Gasteiger charge is -2.08. The van der Waals surface area contributed by atoms with Gasteiger partial charge in [-0.3, -0.25) is 9.59 Å². The zero-order valence-corrected chi connectivity index (χ0v) is 14.6. The number of hydrogen-bond donors (Lipinski definition) is 1. The average molecular weight is 376 g/mol. The second kappa shape index (κ2) is 7.92. The normalized spacial score (nSPS) is 10.2. The number of carbonyl (C=O) groups is 2. The largest absolute Gasteiger partial charge is 0.455 e. The fourth-order valence-electron chi connectivity index (χ4n) is 1.94. The van der Waals surface area contributed by atoms with Crippen LogP contribution in [0.25, 0.3) is 0 Å². The van der Waals surface area contributed by atoms with Crippen LogP contribution in [0.2, 0.25) is 0 Å². The summed E-state index contributed by atoms with van der Waals surface area (Å²) >= 11 is 3.40. The Labute approximate surface area is 144 Å². The number of rotatable bonds is 5. The van der Waals surface area contributed by atoms with E-state index in [2.05, 4.69) is 21.2 Å². The number of carbonyl (C=O) groups excluding carboxylic acids is 2. The zero-order chi connectivity index (χ0) is 16.8. The van der Waals surface area contributed by atoms with Crippen molar-refractivity contribution in [1.29, 1.82) is 0 Å². The van der Waals surface area contributed by atoms with Crippen molar-refractivity contribution in [2.24, 2.45) is 0 Å². The van der Waals surface area contributed by atoms with E-state index in [1.54, 1.807) is 12.1 Å². The van der Waals surface area contributed by atoms with Gasteiger partial charge in [-0.15, -0.1) is 0 Å². The number of halogens is 1. The Morgan fingerprint density at radius 3 is 2.43 bits per heavy atom. The quantitative estimate of drug-likeness (QED) is 0.808. The standard InChI is InChI=1S/C18H18BrNO3/c1-12-3-6-14(7-4-12)9-18(22)23-11-17(21)20-15-8-5-13(2)16(19)10-15/h3-8,10H,9,11H2,1-2H3,(H,20,21). The fourth-order valence-corrected chi connectivity index (χ4v) is 2.32. The van der Waals surface area contributed by atoms with Crippen molar-refractivity contribution in [3.05, 3.63) is 63.6 Å². The molecule has 2 rings (SSSR count). The summed E-state index contributed by atoms with van der Waals surface area (Å²) in [7, 11) is 0. The van der Waals surface area contributed by atoms with E-state index in [0.717, 1.165) is 21.2 Å². The Morgan fingerprint density at radius 1 is 1.09 bits per heavy atom. The lowest BCUT2D eigenvalue weighted by atomic mass is 10.1. The molecule has 0 saturated carbocycles. The number of nitrogens with one attached hydrogen (secondary N) is 1. The van der Waals surface area contributed by atoms with Gasteiger partial charge < -0.3 is 10.1 Å². The smallest absolute Gasteiger partial charge is 0.310 e. The first-order valence-electron chi connectivity index (χ1n) is 7.21. The predicted octanol–water partition coefficient (Wildman–Crippen LogP) is 3.79. The third-order valence-electron chi connectivity index (χ3n) is 3.29. The molecule has 2 aromatic carbocycles. The molecule has 120 valence electrons. The Hall–Kier alpha value is -2.14. The van der Waals surface area contributed by atoms with E-state index < -0.39 is 5.97 Å². The molecule has 2 aromatic rings. The van der Waals surface area contributed by atoms with Crippen LogP contribution in [0.1, 0.15) is 16.7 Å². The monoisotopic (exact) mass is 375 g/mol. The van der Waals surface area contributed by atoms with Gasteiger partial charge in [-0.1, -0.05) is 51.8 Å². The summed E-state index contributed by atoms with van der Waals surface area (Å²) in [6, 6.07) is 13.1. The molecule has 0 aliphatic carbocycles. The molecule has 0 radical (unpaired) electrons. The number of anilines is 1. The highest BCUT2D eigenvalue weighted by Gasteiger charge is 2.09. The van der Waals surface area contributed by atoms with Gasteiger partial charge >= 0.3 is 5.97 Å². The molecular weight excluding hydrogens is 358 g/mol. The molecular formula is C18H18BrNO3. The highest BCUT2D eigenvalue weighted by atomic mass is 79.9. The van der Waals surface area contributed by atoms with Crippen LogP contribution in [0, 0.1) is 13.8 Å². The van der Waals surface area contributed by atoms with Crippen molar-refractivity contribution in [2.75, 3.05) is 11.9 Å². The van der Waals surface area contributed by atoms with Crippen LogP contribution >= 0.6 is 15.9 Å². The molecule has 23 heavy (non-hydrogen) atoms. The summed E-state index contributed by atoms with van der Waals surface area (Å²) in [4.78, 5) is 23.5. The van der Waals surface area contributed by atoms with Crippen LogP contribution in [-0.2, 0) is 20.7 Å². The molecule has 0 saturated heterocycles. The lowest BCUT2D eigenvalue weighted by Crippen LogP contribution is -2.21. The van der Waals surface area contributed by atoms with Crippen LogP contribution in [0.4, 0.5) is 5.69 Å². The van der Waals surface area contributed by atoms with Crippen molar-refractivity contribution in [2.45, 2.75) is 20.3 Å². The first kappa shape index (κ1) is 17.2. The van der Waals surface area contributed by atoms with Crippen LogP contribution in [0.15, 0.2) is 46.9 Å². The minimum absolute atomic E-state index is 0.156. The van der Waals surface area contributed by atoms with Gasteiger partial charge in [0, 0.05) is 10.2 Å². The van der Waals surface area contributed by atoms with Crippen molar-refractivity contribution in [3.8, 4) is 0 Å². The van der Waals surface area contributed by atoms with Gasteiger partial charge in [0.1, 0.15) is 0 Å². The van der Waals surface area contributed by atoms with E-state index in [0.29, 0.717) is 5.69 Å². The highest BCUT2D eigenvalue weighted by molar-refractivity contribution is 9.10. The first-order chi connectivity index (χ1) is 10.9. The topological polar surface area (TPSA) is 55.4 Å². The number of ether oxygens (including phenoxy) is 1. The predicted molar refractivity (Wildman–Crippen MR) is 93.4 cm³/mol. The second-order valence-corrected chi connectivity index (χ2v) is 6.19. The Balaban J connectivity index is 1.80. The summed E-state index contributed by atoms with van der Waals surface area (Å²) in [5.74, 6) is -0.785. The Kier molecular flexibility index (Phi) is 5.93. The maximum atomic E-state index is 11.8. The maximum absolute atomic E-state index is 11.8.